The summed E-state index contributed by atoms with van der Waals surface area (Å²) in [7, 11) is -0.454. The third-order valence-electron chi connectivity index (χ3n) is 5.39. The summed E-state index contributed by atoms with van der Waals surface area (Å²) in [6.07, 6.45) is 1.93. The van der Waals surface area contributed by atoms with Gasteiger partial charge in [0, 0.05) is 31.6 Å². The molecule has 0 heterocycles. The summed E-state index contributed by atoms with van der Waals surface area (Å²) in [6, 6.07) is 13.2. The van der Waals surface area contributed by atoms with Crippen molar-refractivity contribution >= 4 is 39.1 Å². The number of hydrogen-bond acceptors (Lipinski definition) is 5. The Morgan fingerprint density at radius 1 is 1.15 bits per heavy atom. The minimum absolute atomic E-state index is 0.0804. The zero-order chi connectivity index (χ0) is 25.3. The smallest absolute Gasteiger partial charge is 0.242 e. The Bertz CT molecular complexity index is 1080. The number of nitrogens with one attached hydrogen (secondary N) is 1. The Morgan fingerprint density at radius 2 is 1.82 bits per heavy atom. The molecule has 1 unspecified atom stereocenters. The number of carbonyl (C=O) groups is 2. The van der Waals surface area contributed by atoms with Crippen LogP contribution in [0.4, 0.5) is 5.69 Å². The third kappa shape index (κ3) is 7.63. The molecule has 0 spiro atoms. The van der Waals surface area contributed by atoms with Gasteiger partial charge >= 0.3 is 0 Å². The first-order chi connectivity index (χ1) is 16.1. The maximum absolute atomic E-state index is 13.3. The van der Waals surface area contributed by atoms with E-state index in [1.54, 1.807) is 36.3 Å². The fourth-order valence-electron chi connectivity index (χ4n) is 3.66. The van der Waals surface area contributed by atoms with Gasteiger partial charge in [-0.2, -0.15) is 0 Å². The average molecular weight is 510 g/mol. The molecule has 0 saturated carbocycles. The summed E-state index contributed by atoms with van der Waals surface area (Å²) >= 11 is 5.92. The number of methoxy groups -OCH3 is 1. The van der Waals surface area contributed by atoms with Crippen LogP contribution in [0, 0.1) is 0 Å². The lowest BCUT2D eigenvalue weighted by atomic mass is 10.1. The number of nitrogens with zero attached hydrogens (tertiary/aromatic N) is 2. The van der Waals surface area contributed by atoms with Crippen molar-refractivity contribution in [1.29, 1.82) is 0 Å². The number of amides is 2. The molecule has 0 aromatic heterocycles. The summed E-state index contributed by atoms with van der Waals surface area (Å²) in [5.41, 5.74) is 1.30. The highest BCUT2D eigenvalue weighted by molar-refractivity contribution is 7.92. The third-order valence-corrected chi connectivity index (χ3v) is 6.83. The molecule has 2 aromatic carbocycles. The molecule has 2 rings (SSSR count). The molecule has 0 aliphatic rings. The zero-order valence-electron chi connectivity index (χ0n) is 20.0. The molecule has 0 aliphatic carbocycles. The van der Waals surface area contributed by atoms with Crippen LogP contribution in [-0.2, 0) is 26.2 Å². The van der Waals surface area contributed by atoms with E-state index in [0.29, 0.717) is 22.9 Å². The van der Waals surface area contributed by atoms with Crippen molar-refractivity contribution < 1.29 is 22.7 Å². The van der Waals surface area contributed by atoms with Gasteiger partial charge in [0.25, 0.3) is 0 Å². The molecule has 34 heavy (non-hydrogen) atoms. The van der Waals surface area contributed by atoms with Gasteiger partial charge in [-0.15, -0.1) is 0 Å². The van der Waals surface area contributed by atoms with Crippen molar-refractivity contribution in [3.05, 3.63) is 59.1 Å². The Labute approximate surface area is 206 Å². The van der Waals surface area contributed by atoms with Crippen molar-refractivity contribution in [2.45, 2.75) is 38.8 Å². The van der Waals surface area contributed by atoms with Crippen LogP contribution >= 0.6 is 11.6 Å². The summed E-state index contributed by atoms with van der Waals surface area (Å²) in [5.74, 6) is 0.171. The molecule has 0 saturated heterocycles. The maximum atomic E-state index is 13.3. The molecule has 0 radical (unpaired) electrons. The minimum atomic E-state index is -3.56. The molecule has 186 valence electrons. The second-order valence-corrected chi connectivity index (χ2v) is 10.2. The lowest BCUT2D eigenvalue weighted by Gasteiger charge is -2.31. The van der Waals surface area contributed by atoms with E-state index in [1.807, 2.05) is 31.2 Å². The van der Waals surface area contributed by atoms with E-state index < -0.39 is 16.1 Å². The summed E-state index contributed by atoms with van der Waals surface area (Å²) in [6.45, 7) is 2.20. The monoisotopic (exact) mass is 509 g/mol. The molecule has 1 N–H and O–H groups in total. The van der Waals surface area contributed by atoms with Gasteiger partial charge in [0.15, 0.2) is 0 Å². The summed E-state index contributed by atoms with van der Waals surface area (Å²) < 4.78 is 31.2. The van der Waals surface area contributed by atoms with E-state index >= 15 is 0 Å². The minimum Gasteiger partial charge on any atom is -0.497 e. The number of likely N-dealkylation sites (N-methyl/N-ethyl adjacent to an activating group) is 1. The number of ether oxygens (including phenoxy) is 1. The van der Waals surface area contributed by atoms with Gasteiger partial charge in [-0.3, -0.25) is 13.9 Å². The predicted molar refractivity (Wildman–Crippen MR) is 135 cm³/mol. The topological polar surface area (TPSA) is 96.0 Å². The van der Waals surface area contributed by atoms with Gasteiger partial charge in [-0.1, -0.05) is 30.7 Å². The van der Waals surface area contributed by atoms with Crippen LogP contribution in [0.1, 0.15) is 31.7 Å². The number of anilines is 1. The largest absolute Gasteiger partial charge is 0.497 e. The van der Waals surface area contributed by atoms with Crippen LogP contribution in [0.2, 0.25) is 5.02 Å². The van der Waals surface area contributed by atoms with E-state index in [0.717, 1.165) is 11.8 Å². The summed E-state index contributed by atoms with van der Waals surface area (Å²) in [5, 5.41) is 3.12. The normalized spacial score (nSPS) is 12.0. The SMILES string of the molecule is CCC(C(=O)NC)N(Cc1cccc(OC)c1)C(=O)CCCN(c1ccc(Cl)cc1)S(C)(=O)=O. The van der Waals surface area contributed by atoms with Crippen LogP contribution in [0.5, 0.6) is 5.75 Å². The fourth-order valence-corrected chi connectivity index (χ4v) is 4.76. The number of sulfonamides is 1. The highest BCUT2D eigenvalue weighted by Gasteiger charge is 2.28. The summed E-state index contributed by atoms with van der Waals surface area (Å²) in [4.78, 5) is 27.3. The number of hydrogen-bond donors (Lipinski definition) is 1. The van der Waals surface area contributed by atoms with E-state index in [1.165, 1.54) is 11.4 Å². The molecule has 0 bridgehead atoms. The molecule has 2 aromatic rings. The van der Waals surface area contributed by atoms with E-state index in [9.17, 15) is 18.0 Å². The standard InChI is InChI=1S/C24H32ClN3O5S/c1-5-22(24(30)26-2)27(17-18-8-6-9-21(16-18)33-3)23(29)10-7-15-28(34(4,31)32)20-13-11-19(25)12-14-20/h6,8-9,11-14,16,22H,5,7,10,15,17H2,1-4H3,(H,26,30). The van der Waals surface area contributed by atoms with Crippen molar-refractivity contribution in [3.8, 4) is 5.75 Å². The highest BCUT2D eigenvalue weighted by Crippen LogP contribution is 2.22. The number of carbonyl (C=O) groups excluding carboxylic acids is 2. The molecule has 8 nitrogen and oxygen atoms in total. The molecular weight excluding hydrogens is 478 g/mol. The number of halogens is 1. The number of benzene rings is 2. The second-order valence-electron chi connectivity index (χ2n) is 7.83. The predicted octanol–water partition coefficient (Wildman–Crippen LogP) is 3.45. The van der Waals surface area contributed by atoms with Gasteiger partial charge in [0.2, 0.25) is 21.8 Å². The van der Waals surface area contributed by atoms with E-state index in [4.69, 9.17) is 16.3 Å². The highest BCUT2D eigenvalue weighted by atomic mass is 35.5. The average Bonchev–Trinajstić information content (AvgIpc) is 2.81. The van der Waals surface area contributed by atoms with Crippen LogP contribution in [0.3, 0.4) is 0 Å². The second kappa shape index (κ2) is 12.6. The Kier molecular flexibility index (Phi) is 10.2. The van der Waals surface area contributed by atoms with E-state index in [2.05, 4.69) is 5.32 Å². The zero-order valence-corrected chi connectivity index (χ0v) is 21.5. The van der Waals surface area contributed by atoms with Crippen LogP contribution in [0.25, 0.3) is 0 Å². The van der Waals surface area contributed by atoms with Gasteiger partial charge in [-0.25, -0.2) is 8.42 Å². The molecule has 2 amide bonds. The van der Waals surface area contributed by atoms with Gasteiger partial charge in [-0.05, 0) is 54.8 Å². The molecule has 0 fully saturated rings. The molecule has 1 atom stereocenters. The fraction of sp³-hybridized carbons (Fsp3) is 0.417. The Morgan fingerprint density at radius 3 is 2.38 bits per heavy atom. The van der Waals surface area contributed by atoms with Crippen LogP contribution < -0.4 is 14.4 Å². The number of rotatable bonds is 12. The van der Waals surface area contributed by atoms with E-state index in [-0.39, 0.29) is 37.7 Å². The van der Waals surface area contributed by atoms with Crippen molar-refractivity contribution in [2.75, 3.05) is 31.3 Å². The Balaban J connectivity index is 2.19. The lowest BCUT2D eigenvalue weighted by Crippen LogP contribution is -2.48. The molecule has 10 heteroatoms. The van der Waals surface area contributed by atoms with Gasteiger partial charge in [0.05, 0.1) is 19.1 Å². The first kappa shape index (κ1) is 27.5. The van der Waals surface area contributed by atoms with Gasteiger partial charge in [0.1, 0.15) is 11.8 Å². The quantitative estimate of drug-likeness (QED) is 0.472. The lowest BCUT2D eigenvalue weighted by molar-refractivity contribution is -0.141. The van der Waals surface area contributed by atoms with Crippen LogP contribution in [0.15, 0.2) is 48.5 Å². The van der Waals surface area contributed by atoms with Crippen molar-refractivity contribution in [2.24, 2.45) is 0 Å². The maximum Gasteiger partial charge on any atom is 0.242 e. The molecule has 0 aliphatic heterocycles. The van der Waals surface area contributed by atoms with Gasteiger partial charge < -0.3 is 15.0 Å². The van der Waals surface area contributed by atoms with Crippen LogP contribution in [-0.4, -0.2) is 58.1 Å². The molecular formula is C24H32ClN3O5S. The Hall–Kier alpha value is -2.78. The first-order valence-electron chi connectivity index (χ1n) is 11.0. The van der Waals surface area contributed by atoms with Crippen molar-refractivity contribution in [3.63, 3.8) is 0 Å². The first-order valence-corrected chi connectivity index (χ1v) is 13.2. The van der Waals surface area contributed by atoms with Crippen molar-refractivity contribution in [1.82, 2.24) is 10.2 Å².